The van der Waals surface area contributed by atoms with Crippen LogP contribution in [-0.4, -0.2) is 26.4 Å². The summed E-state index contributed by atoms with van der Waals surface area (Å²) in [5.41, 5.74) is 1.05. The Bertz CT molecular complexity index is 906. The van der Waals surface area contributed by atoms with E-state index in [9.17, 15) is 4.79 Å². The molecule has 1 unspecified atom stereocenters. The average Bonchev–Trinajstić information content (AvgIpc) is 3.30. The summed E-state index contributed by atoms with van der Waals surface area (Å²) in [6, 6.07) is 11.4. The first kappa shape index (κ1) is 19.4. The first-order valence-corrected chi connectivity index (χ1v) is 10.1. The third-order valence-electron chi connectivity index (χ3n) is 3.85. The summed E-state index contributed by atoms with van der Waals surface area (Å²) in [6.45, 7) is 6.26. The molecule has 2 heterocycles. The summed E-state index contributed by atoms with van der Waals surface area (Å²) < 4.78 is 8.29. The molecule has 0 aliphatic carbocycles. The van der Waals surface area contributed by atoms with E-state index in [1.165, 1.54) is 11.8 Å². The van der Waals surface area contributed by atoms with Gasteiger partial charge in [-0.2, -0.15) is 0 Å². The van der Waals surface area contributed by atoms with Gasteiger partial charge < -0.3 is 9.73 Å². The van der Waals surface area contributed by atoms with Crippen LogP contribution >= 0.6 is 27.7 Å². The third-order valence-corrected chi connectivity index (χ3v) is 5.35. The van der Waals surface area contributed by atoms with Gasteiger partial charge in [0.15, 0.2) is 10.9 Å². The molecule has 0 saturated heterocycles. The van der Waals surface area contributed by atoms with Crippen molar-refractivity contribution in [1.82, 2.24) is 20.1 Å². The van der Waals surface area contributed by atoms with Crippen molar-refractivity contribution in [3.8, 4) is 11.6 Å². The van der Waals surface area contributed by atoms with Crippen molar-refractivity contribution in [3.63, 3.8) is 0 Å². The molecule has 3 rings (SSSR count). The van der Waals surface area contributed by atoms with Gasteiger partial charge in [-0.1, -0.05) is 45.9 Å². The molecule has 140 valence electrons. The van der Waals surface area contributed by atoms with Crippen LogP contribution in [0.4, 0.5) is 0 Å². The Kier molecular flexibility index (Phi) is 6.52. The van der Waals surface area contributed by atoms with Crippen LogP contribution in [0, 0.1) is 0 Å². The number of rotatable bonds is 8. The monoisotopic (exact) mass is 446 g/mol. The Balaban J connectivity index is 1.63. The van der Waals surface area contributed by atoms with Crippen LogP contribution in [-0.2, 0) is 11.3 Å². The van der Waals surface area contributed by atoms with E-state index in [2.05, 4.69) is 38.0 Å². The van der Waals surface area contributed by atoms with E-state index in [0.717, 1.165) is 10.0 Å². The van der Waals surface area contributed by atoms with Gasteiger partial charge >= 0.3 is 0 Å². The predicted octanol–water partition coefficient (Wildman–Crippen LogP) is 4.46. The topological polar surface area (TPSA) is 73.0 Å². The summed E-state index contributed by atoms with van der Waals surface area (Å²) in [5.74, 6) is 1.42. The fourth-order valence-corrected chi connectivity index (χ4v) is 3.55. The van der Waals surface area contributed by atoms with Gasteiger partial charge in [0.2, 0.25) is 11.7 Å². The minimum Gasteiger partial charge on any atom is -0.461 e. The number of furan rings is 1. The Hall–Kier alpha value is -2.32. The van der Waals surface area contributed by atoms with E-state index in [1.807, 2.05) is 41.8 Å². The average molecular weight is 447 g/mol. The molecule has 8 heteroatoms. The fraction of sp³-hybridized carbons (Fsp3) is 0.211. The minimum atomic E-state index is -0.0732. The summed E-state index contributed by atoms with van der Waals surface area (Å²) in [4.78, 5) is 12.3. The molecule has 6 nitrogen and oxygen atoms in total. The Morgan fingerprint density at radius 1 is 1.37 bits per heavy atom. The zero-order valence-corrected chi connectivity index (χ0v) is 17.2. The van der Waals surface area contributed by atoms with Crippen LogP contribution in [0.5, 0.6) is 0 Å². The number of carbonyl (C=O) groups is 1. The molecular weight excluding hydrogens is 428 g/mol. The van der Waals surface area contributed by atoms with E-state index in [-0.39, 0.29) is 17.7 Å². The van der Waals surface area contributed by atoms with E-state index in [1.54, 1.807) is 18.4 Å². The van der Waals surface area contributed by atoms with Crippen LogP contribution in [0.15, 0.2) is 69.4 Å². The van der Waals surface area contributed by atoms with Gasteiger partial charge in [0.25, 0.3) is 0 Å². The first-order valence-electron chi connectivity index (χ1n) is 8.34. The van der Waals surface area contributed by atoms with E-state index in [4.69, 9.17) is 4.42 Å². The summed E-state index contributed by atoms with van der Waals surface area (Å²) in [5, 5.41) is 12.0. The lowest BCUT2D eigenvalue weighted by Crippen LogP contribution is -2.28. The van der Waals surface area contributed by atoms with Crippen molar-refractivity contribution in [2.24, 2.45) is 0 Å². The Morgan fingerprint density at radius 3 is 2.81 bits per heavy atom. The molecule has 0 fully saturated rings. The number of aromatic nitrogens is 3. The largest absolute Gasteiger partial charge is 0.461 e. The number of nitrogens with one attached hydrogen (secondary N) is 1. The van der Waals surface area contributed by atoms with Crippen LogP contribution in [0.1, 0.15) is 18.5 Å². The SMILES string of the molecule is C=CCn1c(SCC(=O)NC(C)c2ccc(Br)cc2)nnc1-c1ccco1. The Labute approximate surface area is 170 Å². The first-order chi connectivity index (χ1) is 13.1. The molecule has 1 amide bonds. The van der Waals surface area contributed by atoms with Gasteiger partial charge in [-0.25, -0.2) is 0 Å². The van der Waals surface area contributed by atoms with Crippen molar-refractivity contribution in [1.29, 1.82) is 0 Å². The highest BCUT2D eigenvalue weighted by molar-refractivity contribution is 9.10. The number of amides is 1. The maximum atomic E-state index is 12.3. The molecular formula is C19H19BrN4O2S. The van der Waals surface area contributed by atoms with Crippen molar-refractivity contribution in [2.45, 2.75) is 24.7 Å². The highest BCUT2D eigenvalue weighted by Crippen LogP contribution is 2.24. The standard InChI is InChI=1S/C19H19BrN4O2S/c1-3-10-24-18(16-5-4-11-26-16)22-23-19(24)27-12-17(25)21-13(2)14-6-8-15(20)9-7-14/h3-9,11,13H,1,10,12H2,2H3,(H,21,25). The molecule has 0 saturated carbocycles. The van der Waals surface area contributed by atoms with Gasteiger partial charge in [-0.05, 0) is 36.8 Å². The van der Waals surface area contributed by atoms with E-state index >= 15 is 0 Å². The maximum Gasteiger partial charge on any atom is 0.230 e. The molecule has 3 aromatic rings. The second-order valence-electron chi connectivity index (χ2n) is 5.81. The quantitative estimate of drug-likeness (QED) is 0.408. The number of carbonyl (C=O) groups excluding carboxylic acids is 1. The van der Waals surface area contributed by atoms with Crippen molar-refractivity contribution in [3.05, 3.63) is 65.4 Å². The molecule has 2 aromatic heterocycles. The highest BCUT2D eigenvalue weighted by atomic mass is 79.9. The number of allylic oxidation sites excluding steroid dienone is 1. The molecule has 0 bridgehead atoms. The fourth-order valence-electron chi connectivity index (χ4n) is 2.53. The number of hydrogen-bond acceptors (Lipinski definition) is 5. The van der Waals surface area contributed by atoms with Gasteiger partial charge in [-0.3, -0.25) is 9.36 Å². The van der Waals surface area contributed by atoms with Crippen molar-refractivity contribution >= 4 is 33.6 Å². The highest BCUT2D eigenvalue weighted by Gasteiger charge is 2.17. The zero-order chi connectivity index (χ0) is 19.2. The summed E-state index contributed by atoms with van der Waals surface area (Å²) in [6.07, 6.45) is 3.35. The molecule has 0 spiro atoms. The summed E-state index contributed by atoms with van der Waals surface area (Å²) in [7, 11) is 0. The molecule has 1 atom stereocenters. The van der Waals surface area contributed by atoms with E-state index < -0.39 is 0 Å². The normalized spacial score (nSPS) is 11.9. The van der Waals surface area contributed by atoms with Gasteiger partial charge in [0.05, 0.1) is 18.1 Å². The van der Waals surface area contributed by atoms with Gasteiger partial charge in [0, 0.05) is 11.0 Å². The third kappa shape index (κ3) is 4.90. The lowest BCUT2D eigenvalue weighted by molar-refractivity contribution is -0.119. The smallest absolute Gasteiger partial charge is 0.230 e. The lowest BCUT2D eigenvalue weighted by atomic mass is 10.1. The number of halogens is 1. The van der Waals surface area contributed by atoms with Gasteiger partial charge in [-0.15, -0.1) is 16.8 Å². The molecule has 0 radical (unpaired) electrons. The Morgan fingerprint density at radius 2 is 2.15 bits per heavy atom. The number of benzene rings is 1. The van der Waals surface area contributed by atoms with E-state index in [0.29, 0.717) is 23.3 Å². The zero-order valence-electron chi connectivity index (χ0n) is 14.8. The molecule has 0 aliphatic heterocycles. The van der Waals surface area contributed by atoms with Crippen LogP contribution in [0.3, 0.4) is 0 Å². The maximum absolute atomic E-state index is 12.3. The van der Waals surface area contributed by atoms with Gasteiger partial charge in [0.1, 0.15) is 0 Å². The minimum absolute atomic E-state index is 0.0666. The summed E-state index contributed by atoms with van der Waals surface area (Å²) >= 11 is 4.75. The molecule has 1 aromatic carbocycles. The molecule has 0 aliphatic rings. The van der Waals surface area contributed by atoms with Crippen LogP contribution < -0.4 is 5.32 Å². The number of thioether (sulfide) groups is 1. The number of nitrogens with zero attached hydrogens (tertiary/aromatic N) is 3. The molecule has 1 N–H and O–H groups in total. The second-order valence-corrected chi connectivity index (χ2v) is 7.67. The molecule has 27 heavy (non-hydrogen) atoms. The van der Waals surface area contributed by atoms with Crippen LogP contribution in [0.2, 0.25) is 0 Å². The van der Waals surface area contributed by atoms with Crippen molar-refractivity contribution < 1.29 is 9.21 Å². The van der Waals surface area contributed by atoms with Crippen molar-refractivity contribution in [2.75, 3.05) is 5.75 Å². The number of hydrogen-bond donors (Lipinski definition) is 1. The second kappa shape index (κ2) is 9.05. The predicted molar refractivity (Wildman–Crippen MR) is 109 cm³/mol. The van der Waals surface area contributed by atoms with Crippen LogP contribution in [0.25, 0.3) is 11.6 Å². The lowest BCUT2D eigenvalue weighted by Gasteiger charge is -2.14.